The first kappa shape index (κ1) is 55.2. The summed E-state index contributed by atoms with van der Waals surface area (Å²) in [6.07, 6.45) is 4.86. The third-order valence-electron chi connectivity index (χ3n) is 13.0. The minimum atomic E-state index is -0.946. The molecule has 0 bridgehead atoms. The molecule has 5 N–H and O–H groups in total. The molecule has 0 spiro atoms. The van der Waals surface area contributed by atoms with Gasteiger partial charge in [-0.1, -0.05) is 63.6 Å². The van der Waals surface area contributed by atoms with E-state index in [1.54, 1.807) is 65.3 Å². The van der Waals surface area contributed by atoms with Gasteiger partial charge in [-0.3, -0.25) is 24.0 Å². The molecule has 1 aliphatic heterocycles. The maximum Gasteiger partial charge on any atom is 0.251 e. The predicted octanol–water partition coefficient (Wildman–Crippen LogP) is 6.60. The highest BCUT2D eigenvalue weighted by Gasteiger charge is 2.44. The van der Waals surface area contributed by atoms with Crippen LogP contribution in [0, 0.1) is 24.0 Å². The molecule has 6 aromatic rings. The lowest BCUT2D eigenvalue weighted by atomic mass is 9.85. The lowest BCUT2D eigenvalue weighted by Crippen LogP contribution is -2.57. The number of nitrogens with one attached hydrogen (secondary N) is 4. The number of hydrogen-bond donors (Lipinski definition) is 5. The Bertz CT molecular complexity index is 2910. The number of carbonyl (C=O) groups excluding carboxylic acids is 5. The quantitative estimate of drug-likeness (QED) is 0.0428. The van der Waals surface area contributed by atoms with Gasteiger partial charge in [-0.05, 0) is 79.1 Å². The summed E-state index contributed by atoms with van der Waals surface area (Å²) in [7, 11) is 1.74. The molecule has 0 radical (unpaired) electrons. The van der Waals surface area contributed by atoms with Crippen molar-refractivity contribution in [1.82, 2.24) is 55.5 Å². The molecule has 0 aliphatic carbocycles. The van der Waals surface area contributed by atoms with Gasteiger partial charge in [0, 0.05) is 82.0 Å². The van der Waals surface area contributed by atoms with E-state index in [4.69, 9.17) is 0 Å². The number of aryl methyl sites for hydroxylation is 1. The first-order valence-corrected chi connectivity index (χ1v) is 25.9. The number of thiazole rings is 1. The van der Waals surface area contributed by atoms with Gasteiger partial charge in [0.2, 0.25) is 23.6 Å². The van der Waals surface area contributed by atoms with Crippen LogP contribution in [0.1, 0.15) is 98.7 Å². The van der Waals surface area contributed by atoms with E-state index in [1.165, 1.54) is 17.3 Å². The van der Waals surface area contributed by atoms with Gasteiger partial charge in [0.25, 0.3) is 5.91 Å². The van der Waals surface area contributed by atoms with Crippen molar-refractivity contribution in [2.75, 3.05) is 25.5 Å². The van der Waals surface area contributed by atoms with Gasteiger partial charge in [0.05, 0.1) is 28.7 Å². The van der Waals surface area contributed by atoms with Gasteiger partial charge in [0.1, 0.15) is 35.7 Å². The van der Waals surface area contributed by atoms with Crippen molar-refractivity contribution in [2.45, 2.75) is 117 Å². The van der Waals surface area contributed by atoms with Gasteiger partial charge < -0.3 is 40.7 Å². The zero-order valence-electron chi connectivity index (χ0n) is 42.8. The number of unbranched alkanes of at least 4 members (excludes halogenated alkanes) is 2. The van der Waals surface area contributed by atoms with E-state index in [0.717, 1.165) is 33.8 Å². The Labute approximate surface area is 438 Å². The van der Waals surface area contributed by atoms with E-state index in [2.05, 4.69) is 46.4 Å². The number of β-amino-alcohol motifs (C(OH)–C–C–N with tert-alkyl or cyclic N) is 1. The molecule has 1 aliphatic rings. The number of likely N-dealkylation sites (tertiary alicyclic amines) is 1. The van der Waals surface area contributed by atoms with Crippen LogP contribution in [-0.4, -0.2) is 112 Å². The third kappa shape index (κ3) is 14.8. The smallest absolute Gasteiger partial charge is 0.251 e. The summed E-state index contributed by atoms with van der Waals surface area (Å²) in [4.78, 5) is 83.9. The average molecular weight is 1050 g/mol. The lowest BCUT2D eigenvalue weighted by molar-refractivity contribution is -0.144. The van der Waals surface area contributed by atoms with E-state index >= 15 is 0 Å². The Morgan fingerprint density at radius 3 is 2.33 bits per heavy atom. The molecule has 21 heteroatoms. The number of benzene rings is 3. The topological polar surface area (TPSA) is 230 Å². The molecule has 3 atom stereocenters. The first-order chi connectivity index (χ1) is 36.0. The second kappa shape index (κ2) is 25.6. The van der Waals surface area contributed by atoms with E-state index in [0.29, 0.717) is 61.8 Å². The van der Waals surface area contributed by atoms with E-state index in [-0.39, 0.29) is 74.3 Å². The van der Waals surface area contributed by atoms with Crippen LogP contribution in [0.3, 0.4) is 0 Å². The van der Waals surface area contributed by atoms with Crippen LogP contribution >= 0.6 is 11.3 Å². The zero-order valence-corrected chi connectivity index (χ0v) is 43.6. The molecule has 3 aromatic carbocycles. The Balaban J connectivity index is 0.846. The summed E-state index contributed by atoms with van der Waals surface area (Å²) in [6.45, 7) is 8.49. The monoisotopic (exact) mass is 1050 g/mol. The molecule has 1 fully saturated rings. The number of nitrogens with zero attached hydrogens (tertiary/aromatic N) is 8. The van der Waals surface area contributed by atoms with E-state index in [9.17, 15) is 37.9 Å². The molecule has 1 unspecified atom stereocenters. The van der Waals surface area contributed by atoms with Crippen LogP contribution in [0.5, 0.6) is 0 Å². The van der Waals surface area contributed by atoms with Crippen LogP contribution < -0.4 is 21.3 Å². The highest BCUT2D eigenvalue weighted by Crippen LogP contribution is 2.29. The largest absolute Gasteiger partial charge is 0.391 e. The maximum absolute atomic E-state index is 14.1. The highest BCUT2D eigenvalue weighted by atomic mass is 32.1. The van der Waals surface area contributed by atoms with Crippen molar-refractivity contribution in [3.05, 3.63) is 131 Å². The van der Waals surface area contributed by atoms with Crippen molar-refractivity contribution in [1.29, 1.82) is 0 Å². The lowest BCUT2D eigenvalue weighted by Gasteiger charge is -2.35. The molecule has 0 saturated carbocycles. The van der Waals surface area contributed by atoms with Gasteiger partial charge in [-0.2, -0.15) is 0 Å². The molecule has 1 saturated heterocycles. The average Bonchev–Trinajstić information content (AvgIpc) is 4.14. The fraction of sp³-hybridized carbons (Fsp3) is 0.407. The first-order valence-electron chi connectivity index (χ1n) is 25.0. The number of anilines is 1. The highest BCUT2D eigenvalue weighted by molar-refractivity contribution is 7.13. The molecule has 18 nitrogen and oxygen atoms in total. The number of rotatable bonds is 23. The number of amides is 5. The summed E-state index contributed by atoms with van der Waals surface area (Å²) < 4.78 is 30.2. The third-order valence-corrected chi connectivity index (χ3v) is 14.0. The van der Waals surface area contributed by atoms with Crippen LogP contribution in [0.4, 0.5) is 14.5 Å². The summed E-state index contributed by atoms with van der Waals surface area (Å²) in [5.74, 6) is -2.09. The zero-order chi connectivity index (χ0) is 53.6. The van der Waals surface area contributed by atoms with E-state index in [1.807, 2.05) is 56.5 Å². The normalized spacial score (nSPS) is 14.8. The van der Waals surface area contributed by atoms with Crippen LogP contribution in [-0.2, 0) is 45.4 Å². The van der Waals surface area contributed by atoms with Crippen molar-refractivity contribution in [2.24, 2.45) is 5.41 Å². The molecule has 4 heterocycles. The van der Waals surface area contributed by atoms with Gasteiger partial charge in [-0.25, -0.2) is 23.7 Å². The second-order valence-electron chi connectivity index (χ2n) is 19.7. The predicted molar refractivity (Wildman–Crippen MR) is 279 cm³/mol. The molecular formula is C54H64F2N12O6S. The van der Waals surface area contributed by atoms with Gasteiger partial charge in [-0.15, -0.1) is 21.5 Å². The summed E-state index contributed by atoms with van der Waals surface area (Å²) in [6, 6.07) is 17.9. The van der Waals surface area contributed by atoms with Crippen LogP contribution in [0.15, 0.2) is 90.8 Å². The minimum absolute atomic E-state index is 0.0250. The summed E-state index contributed by atoms with van der Waals surface area (Å²) >= 11 is 1.56. The number of hydrogen-bond acceptors (Lipinski definition) is 13. The van der Waals surface area contributed by atoms with Crippen LogP contribution in [0.25, 0.3) is 22.0 Å². The molecule has 75 heavy (non-hydrogen) atoms. The second-order valence-corrected chi connectivity index (χ2v) is 20.5. The molecule has 7 rings (SSSR count). The number of aliphatic hydroxyl groups is 1. The standard InChI is InChI=1S/C54H64F2N12O6S/c1-34-48(75-33-62-34)36-20-18-35(19-21-36)28-59-52(73)44-27-39(69)31-68(44)53(74)49(54(2,3)4)63-46(70)16-7-6-8-17-47(71)66(5)24-11-25-67-45(64-65-50(67)43-22-23-57-32-61-43)30-58-38-13-9-12-37(26-38)51(72)60-29-40-41(55)14-10-15-42(40)56/h9-10,12-15,18-23,26,32-33,39,44,49,58,69H,6-8,11,16-17,24-25,27-31H2,1-5H3,(H,59,73)(H,60,72)(H,63,70)/t39-,44+,49?/m1/s1. The van der Waals surface area contributed by atoms with Gasteiger partial charge >= 0.3 is 0 Å². The van der Waals surface area contributed by atoms with E-state index < -0.39 is 47.1 Å². The van der Waals surface area contributed by atoms with Gasteiger partial charge in [0.15, 0.2) is 11.6 Å². The van der Waals surface area contributed by atoms with Crippen LogP contribution in [0.2, 0.25) is 0 Å². The maximum atomic E-state index is 14.1. The summed E-state index contributed by atoms with van der Waals surface area (Å²) in [5, 5.41) is 31.2. The Morgan fingerprint density at radius 1 is 0.880 bits per heavy atom. The van der Waals surface area contributed by atoms with Crippen molar-refractivity contribution in [3.8, 4) is 22.0 Å². The SMILES string of the molecule is Cc1ncsc1-c1ccc(CNC(=O)[C@@H]2C[C@@H](O)CN2C(=O)C(NC(=O)CCCCCC(=O)N(C)CCCn2c(CNc3cccc(C(=O)NCc4c(F)cccc4F)c3)nnc2-c2ccncn2)C(C)(C)C)cc1. The molecular weight excluding hydrogens is 983 g/mol. The Kier molecular flexibility index (Phi) is 18.9. The molecule has 5 amide bonds. The number of carbonyl (C=O) groups is 5. The van der Waals surface area contributed by atoms with Crippen molar-refractivity contribution < 1.29 is 37.9 Å². The fourth-order valence-corrected chi connectivity index (χ4v) is 9.58. The number of aromatic nitrogens is 6. The van der Waals surface area contributed by atoms with Crippen molar-refractivity contribution in [3.63, 3.8) is 0 Å². The molecule has 3 aromatic heterocycles. The summed E-state index contributed by atoms with van der Waals surface area (Å²) in [5.41, 5.74) is 5.19. The Morgan fingerprint density at radius 2 is 1.63 bits per heavy atom. The minimum Gasteiger partial charge on any atom is -0.391 e. The number of halogens is 2. The van der Waals surface area contributed by atoms with Crippen molar-refractivity contribution >= 4 is 46.6 Å². The Hall–Kier alpha value is -7.52. The number of aliphatic hydroxyl groups excluding tert-OH is 1. The molecule has 396 valence electrons. The fourth-order valence-electron chi connectivity index (χ4n) is 8.77.